The molecule has 6 nitrogen and oxygen atoms in total. The number of halogens is 1. The van der Waals surface area contributed by atoms with Crippen molar-refractivity contribution >= 4 is 17.7 Å². The minimum Gasteiger partial charge on any atom is -0.391 e. The molecular weight excluding hydrogens is 291 g/mol. The lowest BCUT2D eigenvalue weighted by Gasteiger charge is -2.33. The number of benzene rings is 1. The minimum absolute atomic E-state index is 0.312. The van der Waals surface area contributed by atoms with Crippen LogP contribution >= 0.6 is 0 Å². The number of ether oxygens (including phenoxy) is 2. The normalized spacial score (nSPS) is 25.5. The molecule has 1 atom stereocenters. The van der Waals surface area contributed by atoms with Crippen LogP contribution in [0.1, 0.15) is 0 Å². The molecule has 2 heterocycles. The van der Waals surface area contributed by atoms with Gasteiger partial charge in [-0.2, -0.15) is 0 Å². The van der Waals surface area contributed by atoms with Crippen LogP contribution in [0.3, 0.4) is 0 Å². The molecule has 120 valence electrons. The van der Waals surface area contributed by atoms with Gasteiger partial charge in [0, 0.05) is 25.3 Å². The summed E-state index contributed by atoms with van der Waals surface area (Å²) in [5.41, 5.74) is -0.367. The number of aldehydes is 1. The van der Waals surface area contributed by atoms with Gasteiger partial charge in [0.25, 0.3) is 0 Å². The first kappa shape index (κ1) is 15.2. The fourth-order valence-electron chi connectivity index (χ4n) is 2.92. The number of anilines is 2. The van der Waals surface area contributed by atoms with Gasteiger partial charge in [-0.1, -0.05) is 0 Å². The molecule has 0 radical (unpaired) electrons. The van der Waals surface area contributed by atoms with Gasteiger partial charge in [0.15, 0.2) is 6.29 Å². The largest absolute Gasteiger partial charge is 0.391 e. The van der Waals surface area contributed by atoms with E-state index in [4.69, 9.17) is 9.47 Å². The lowest BCUT2D eigenvalue weighted by atomic mass is 10.1. The zero-order valence-corrected chi connectivity index (χ0v) is 12.2. The zero-order valence-electron chi connectivity index (χ0n) is 12.2. The summed E-state index contributed by atoms with van der Waals surface area (Å²) in [6.45, 7) is 2.74. The van der Waals surface area contributed by atoms with Crippen molar-refractivity contribution in [2.24, 2.45) is 0 Å². The van der Waals surface area contributed by atoms with Crippen molar-refractivity contribution in [2.75, 3.05) is 55.9 Å². The summed E-state index contributed by atoms with van der Waals surface area (Å²) < 4.78 is 25.1. The van der Waals surface area contributed by atoms with Crippen molar-refractivity contribution in [3.63, 3.8) is 0 Å². The Morgan fingerprint density at radius 1 is 1.27 bits per heavy atom. The Balaban J connectivity index is 1.86. The van der Waals surface area contributed by atoms with Crippen molar-refractivity contribution in [3.8, 4) is 0 Å². The van der Waals surface area contributed by atoms with Gasteiger partial charge in [-0.05, 0) is 18.2 Å². The molecule has 1 aromatic rings. The average Bonchev–Trinajstić information content (AvgIpc) is 3.00. The Morgan fingerprint density at radius 3 is 2.68 bits per heavy atom. The third kappa shape index (κ3) is 2.55. The summed E-state index contributed by atoms with van der Waals surface area (Å²) in [4.78, 5) is 14.8. The van der Waals surface area contributed by atoms with E-state index < -0.39 is 12.3 Å². The molecule has 2 aliphatic rings. The summed E-state index contributed by atoms with van der Waals surface area (Å²) in [6.07, 6.45) is 0.563. The fourth-order valence-corrected chi connectivity index (χ4v) is 2.92. The van der Waals surface area contributed by atoms with Crippen LogP contribution in [0.25, 0.3) is 0 Å². The van der Waals surface area contributed by atoms with Gasteiger partial charge in [0.2, 0.25) is 5.72 Å². The molecule has 22 heavy (non-hydrogen) atoms. The molecule has 0 aliphatic carbocycles. The van der Waals surface area contributed by atoms with Gasteiger partial charge in [0.1, 0.15) is 5.82 Å². The highest BCUT2D eigenvalue weighted by molar-refractivity contribution is 5.72. The first-order chi connectivity index (χ1) is 10.7. The van der Waals surface area contributed by atoms with E-state index in [1.807, 2.05) is 4.90 Å². The molecule has 0 bridgehead atoms. The number of rotatable bonds is 4. The zero-order chi connectivity index (χ0) is 15.6. The number of hydrogen-bond acceptors (Lipinski definition) is 6. The number of nitrogens with zero attached hydrogens (tertiary/aromatic N) is 2. The van der Waals surface area contributed by atoms with Gasteiger partial charge in [-0.25, -0.2) is 4.39 Å². The van der Waals surface area contributed by atoms with Crippen molar-refractivity contribution in [2.45, 2.75) is 5.72 Å². The highest BCUT2D eigenvalue weighted by atomic mass is 19.1. The second-order valence-electron chi connectivity index (χ2n) is 5.36. The summed E-state index contributed by atoms with van der Waals surface area (Å²) in [7, 11) is 0. The smallest absolute Gasteiger partial charge is 0.221 e. The standard InChI is InChI=1S/C15H19FN2O4/c16-13-9-12(18-5-8-22-15(18,10-19)11-20)1-2-14(13)17-3-6-21-7-4-17/h1-2,9-10,20H,3-8,11H2. The third-order valence-corrected chi connectivity index (χ3v) is 4.13. The maximum atomic E-state index is 14.4. The van der Waals surface area contributed by atoms with Crippen LogP contribution in [0.15, 0.2) is 18.2 Å². The number of aliphatic hydroxyl groups is 1. The lowest BCUT2D eigenvalue weighted by molar-refractivity contribution is -0.129. The van der Waals surface area contributed by atoms with E-state index in [1.54, 1.807) is 17.0 Å². The molecule has 1 N–H and O–H groups in total. The van der Waals surface area contributed by atoms with Gasteiger partial charge in [-0.15, -0.1) is 0 Å². The van der Waals surface area contributed by atoms with Gasteiger partial charge >= 0.3 is 0 Å². The van der Waals surface area contributed by atoms with Crippen LogP contribution in [-0.2, 0) is 14.3 Å². The topological polar surface area (TPSA) is 62.2 Å². The summed E-state index contributed by atoms with van der Waals surface area (Å²) >= 11 is 0. The number of aliphatic hydroxyl groups excluding tert-OH is 1. The number of carbonyl (C=O) groups excluding carboxylic acids is 1. The third-order valence-electron chi connectivity index (χ3n) is 4.13. The molecule has 2 saturated heterocycles. The first-order valence-corrected chi connectivity index (χ1v) is 7.31. The van der Waals surface area contributed by atoms with Crippen molar-refractivity contribution in [3.05, 3.63) is 24.0 Å². The highest BCUT2D eigenvalue weighted by Crippen LogP contribution is 2.32. The lowest BCUT2D eigenvalue weighted by Crippen LogP contribution is -2.50. The number of carbonyl (C=O) groups is 1. The highest BCUT2D eigenvalue weighted by Gasteiger charge is 2.42. The van der Waals surface area contributed by atoms with Crippen LogP contribution in [0.5, 0.6) is 0 Å². The van der Waals surface area contributed by atoms with Gasteiger partial charge in [-0.3, -0.25) is 4.79 Å². The molecule has 0 spiro atoms. The molecule has 3 rings (SSSR count). The Labute approximate surface area is 128 Å². The van der Waals surface area contributed by atoms with Crippen LogP contribution in [0.4, 0.5) is 15.8 Å². The van der Waals surface area contributed by atoms with Crippen LogP contribution < -0.4 is 9.80 Å². The van der Waals surface area contributed by atoms with Crippen LogP contribution in [-0.4, -0.2) is 63.2 Å². The number of morpholine rings is 1. The van der Waals surface area contributed by atoms with Crippen molar-refractivity contribution in [1.29, 1.82) is 0 Å². The van der Waals surface area contributed by atoms with E-state index in [0.29, 0.717) is 57.1 Å². The SMILES string of the molecule is O=CC1(CO)OCCN1c1ccc(N2CCOCC2)c(F)c1. The van der Waals surface area contributed by atoms with E-state index >= 15 is 0 Å². The maximum Gasteiger partial charge on any atom is 0.221 e. The summed E-state index contributed by atoms with van der Waals surface area (Å²) in [5.74, 6) is -0.357. The summed E-state index contributed by atoms with van der Waals surface area (Å²) in [5, 5.41) is 9.46. The van der Waals surface area contributed by atoms with Gasteiger partial charge < -0.3 is 24.4 Å². The fraction of sp³-hybridized carbons (Fsp3) is 0.533. The molecule has 0 aromatic heterocycles. The van der Waals surface area contributed by atoms with E-state index in [-0.39, 0.29) is 5.82 Å². The Kier molecular flexibility index (Phi) is 4.28. The molecule has 2 aliphatic heterocycles. The molecule has 0 saturated carbocycles. The molecular formula is C15H19FN2O4. The van der Waals surface area contributed by atoms with Crippen LogP contribution in [0, 0.1) is 5.82 Å². The molecule has 1 aromatic carbocycles. The van der Waals surface area contributed by atoms with Crippen molar-refractivity contribution < 1.29 is 23.8 Å². The molecule has 2 fully saturated rings. The maximum absolute atomic E-state index is 14.4. The second kappa shape index (κ2) is 6.20. The van der Waals surface area contributed by atoms with Gasteiger partial charge in [0.05, 0.1) is 32.1 Å². The molecule has 1 unspecified atom stereocenters. The monoisotopic (exact) mass is 310 g/mol. The van der Waals surface area contributed by atoms with E-state index in [2.05, 4.69) is 0 Å². The Hall–Kier alpha value is -1.70. The first-order valence-electron chi connectivity index (χ1n) is 7.31. The minimum atomic E-state index is -1.41. The Morgan fingerprint density at radius 2 is 2.05 bits per heavy atom. The quantitative estimate of drug-likeness (QED) is 0.812. The predicted molar refractivity (Wildman–Crippen MR) is 78.6 cm³/mol. The van der Waals surface area contributed by atoms with E-state index in [9.17, 15) is 14.3 Å². The predicted octanol–water partition coefficient (Wildman–Crippen LogP) is 0.386. The number of hydrogen-bond donors (Lipinski definition) is 1. The molecule has 0 amide bonds. The van der Waals surface area contributed by atoms with E-state index in [1.165, 1.54) is 6.07 Å². The summed E-state index contributed by atoms with van der Waals surface area (Å²) in [6, 6.07) is 4.82. The average molecular weight is 310 g/mol. The van der Waals surface area contributed by atoms with E-state index in [0.717, 1.165) is 0 Å². The second-order valence-corrected chi connectivity index (χ2v) is 5.36. The Bertz CT molecular complexity index is 550. The molecule has 7 heteroatoms. The van der Waals surface area contributed by atoms with Crippen LogP contribution in [0.2, 0.25) is 0 Å². The van der Waals surface area contributed by atoms with Crippen molar-refractivity contribution in [1.82, 2.24) is 0 Å².